The smallest absolute Gasteiger partial charge is 0.359 e. The molecule has 1 saturated carbocycles. The van der Waals surface area contributed by atoms with E-state index in [0.29, 0.717) is 0 Å². The predicted octanol–water partition coefficient (Wildman–Crippen LogP) is 2.26. The van der Waals surface area contributed by atoms with E-state index >= 15 is 0 Å². The number of rotatable bonds is 4. The van der Waals surface area contributed by atoms with Crippen LogP contribution in [-0.2, 0) is 4.74 Å². The number of aromatic carboxylic acids is 1. The second kappa shape index (κ2) is 5.86. The molecule has 1 aromatic rings. The first kappa shape index (κ1) is 13.6. The van der Waals surface area contributed by atoms with Crippen molar-refractivity contribution < 1.29 is 19.4 Å². The molecule has 0 unspecified atom stereocenters. The quantitative estimate of drug-likeness (QED) is 0.845. The number of carboxylic acid groups (broad SMARTS) is 1. The molecule has 0 atom stereocenters. The molecule has 6 heteroatoms. The fraction of sp³-hybridized carbons (Fsp3) is 0.615. The Morgan fingerprint density at radius 3 is 2.68 bits per heavy atom. The lowest BCUT2D eigenvalue weighted by Gasteiger charge is -2.21. The van der Waals surface area contributed by atoms with Gasteiger partial charge in [0.2, 0.25) is 0 Å². The van der Waals surface area contributed by atoms with Crippen molar-refractivity contribution in [1.29, 1.82) is 0 Å². The van der Waals surface area contributed by atoms with Gasteiger partial charge in [-0.15, -0.1) is 0 Å². The molecule has 0 amide bonds. The van der Waals surface area contributed by atoms with Crippen LogP contribution in [0, 0.1) is 0 Å². The number of carbonyl (C=O) groups excluding carboxylic acids is 1. The Morgan fingerprint density at radius 2 is 2.11 bits per heavy atom. The van der Waals surface area contributed by atoms with E-state index in [1.807, 2.05) is 0 Å². The van der Waals surface area contributed by atoms with Crippen molar-refractivity contribution in [2.24, 2.45) is 0 Å². The molecule has 1 aliphatic carbocycles. The van der Waals surface area contributed by atoms with Crippen LogP contribution < -0.4 is 0 Å². The summed E-state index contributed by atoms with van der Waals surface area (Å²) in [6.07, 6.45) is 6.83. The maximum absolute atomic E-state index is 11.7. The molecule has 0 aromatic carbocycles. The average molecular weight is 266 g/mol. The Morgan fingerprint density at radius 1 is 1.42 bits per heavy atom. The summed E-state index contributed by atoms with van der Waals surface area (Å²) in [5, 5.41) is 13.3. The lowest BCUT2D eigenvalue weighted by Crippen LogP contribution is -2.14. The summed E-state index contributed by atoms with van der Waals surface area (Å²) in [5.41, 5.74) is -0.177. The first-order valence-electron chi connectivity index (χ1n) is 6.63. The number of carbonyl (C=O) groups is 2. The Labute approximate surface area is 111 Å². The van der Waals surface area contributed by atoms with E-state index in [4.69, 9.17) is 9.84 Å². The molecule has 1 fully saturated rings. The molecule has 1 aliphatic rings. The monoisotopic (exact) mass is 266 g/mol. The Hall–Kier alpha value is -1.85. The Kier molecular flexibility index (Phi) is 4.19. The van der Waals surface area contributed by atoms with Crippen molar-refractivity contribution in [1.82, 2.24) is 9.78 Å². The molecule has 1 aromatic heterocycles. The van der Waals surface area contributed by atoms with Gasteiger partial charge in [-0.1, -0.05) is 19.3 Å². The van der Waals surface area contributed by atoms with E-state index in [0.717, 1.165) is 25.7 Å². The maximum Gasteiger partial charge on any atom is 0.359 e. The topological polar surface area (TPSA) is 81.4 Å². The van der Waals surface area contributed by atoms with Gasteiger partial charge < -0.3 is 9.84 Å². The lowest BCUT2D eigenvalue weighted by molar-refractivity contribution is 0.0507. The van der Waals surface area contributed by atoms with E-state index in [1.54, 1.807) is 11.6 Å². The number of nitrogens with zero attached hydrogens (tertiary/aromatic N) is 2. The van der Waals surface area contributed by atoms with Crippen LogP contribution in [0.5, 0.6) is 0 Å². The van der Waals surface area contributed by atoms with E-state index in [-0.39, 0.29) is 23.9 Å². The van der Waals surface area contributed by atoms with Crippen LogP contribution in [0.2, 0.25) is 0 Å². The van der Waals surface area contributed by atoms with Gasteiger partial charge in [-0.05, 0) is 19.8 Å². The van der Waals surface area contributed by atoms with Crippen LogP contribution in [0.3, 0.4) is 0 Å². The molecule has 2 rings (SSSR count). The molecule has 1 N–H and O–H groups in total. The van der Waals surface area contributed by atoms with Gasteiger partial charge in [-0.3, -0.25) is 4.68 Å². The number of hydrogen-bond acceptors (Lipinski definition) is 4. The standard InChI is InChI=1S/C13H18N2O4/c1-2-19-13(18)11-10(12(16)17)8-15(14-11)9-6-4-3-5-7-9/h8-9H,2-7H2,1H3,(H,16,17). The van der Waals surface area contributed by atoms with E-state index in [2.05, 4.69) is 5.10 Å². The SMILES string of the molecule is CCOC(=O)c1nn(C2CCCCC2)cc1C(=O)O. The summed E-state index contributed by atoms with van der Waals surface area (Å²) < 4.78 is 6.46. The van der Waals surface area contributed by atoms with E-state index < -0.39 is 11.9 Å². The molecular weight excluding hydrogens is 248 g/mol. The number of ether oxygens (including phenoxy) is 1. The van der Waals surface area contributed by atoms with Gasteiger partial charge >= 0.3 is 11.9 Å². The van der Waals surface area contributed by atoms with Gasteiger partial charge in [0.1, 0.15) is 5.56 Å². The fourth-order valence-electron chi connectivity index (χ4n) is 2.43. The molecule has 19 heavy (non-hydrogen) atoms. The van der Waals surface area contributed by atoms with Crippen molar-refractivity contribution in [2.45, 2.75) is 45.1 Å². The summed E-state index contributed by atoms with van der Waals surface area (Å²) in [6, 6.07) is 0.190. The second-order valence-electron chi connectivity index (χ2n) is 4.69. The highest BCUT2D eigenvalue weighted by molar-refractivity contribution is 6.00. The minimum Gasteiger partial charge on any atom is -0.478 e. The molecular formula is C13H18N2O4. The molecule has 0 aliphatic heterocycles. The van der Waals surface area contributed by atoms with Gasteiger partial charge in [0.15, 0.2) is 5.69 Å². The summed E-state index contributed by atoms with van der Waals surface area (Å²) in [7, 11) is 0. The number of carboxylic acids is 1. The zero-order valence-corrected chi connectivity index (χ0v) is 11.0. The summed E-state index contributed by atoms with van der Waals surface area (Å²) >= 11 is 0. The van der Waals surface area contributed by atoms with Gasteiger partial charge in [0.25, 0.3) is 0 Å². The number of aromatic nitrogens is 2. The third-order valence-corrected chi connectivity index (χ3v) is 3.38. The molecule has 0 bridgehead atoms. The highest BCUT2D eigenvalue weighted by atomic mass is 16.5. The summed E-state index contributed by atoms with van der Waals surface area (Å²) in [5.74, 6) is -1.82. The fourth-order valence-corrected chi connectivity index (χ4v) is 2.43. The summed E-state index contributed by atoms with van der Waals surface area (Å²) in [6.45, 7) is 1.88. The number of esters is 1. The van der Waals surface area contributed by atoms with Gasteiger partial charge in [0, 0.05) is 6.20 Å². The minimum absolute atomic E-state index is 0.0796. The molecule has 104 valence electrons. The van der Waals surface area contributed by atoms with Gasteiger partial charge in [-0.2, -0.15) is 5.10 Å². The van der Waals surface area contributed by atoms with Gasteiger partial charge in [-0.25, -0.2) is 9.59 Å². The Bertz CT molecular complexity index is 475. The first-order valence-corrected chi connectivity index (χ1v) is 6.63. The minimum atomic E-state index is -1.15. The van der Waals surface area contributed by atoms with Crippen LogP contribution in [0.4, 0.5) is 0 Å². The van der Waals surface area contributed by atoms with Crippen LogP contribution >= 0.6 is 0 Å². The normalized spacial score (nSPS) is 16.3. The molecule has 0 spiro atoms. The van der Waals surface area contributed by atoms with E-state index in [1.165, 1.54) is 12.6 Å². The van der Waals surface area contributed by atoms with Crippen molar-refractivity contribution in [3.05, 3.63) is 17.5 Å². The molecule has 0 saturated heterocycles. The van der Waals surface area contributed by atoms with Crippen LogP contribution in [0.25, 0.3) is 0 Å². The highest BCUT2D eigenvalue weighted by Gasteiger charge is 2.25. The number of hydrogen-bond donors (Lipinski definition) is 1. The van der Waals surface area contributed by atoms with Crippen LogP contribution in [-0.4, -0.2) is 33.4 Å². The van der Waals surface area contributed by atoms with Gasteiger partial charge in [0.05, 0.1) is 12.6 Å². The van der Waals surface area contributed by atoms with Crippen molar-refractivity contribution in [3.63, 3.8) is 0 Å². The summed E-state index contributed by atoms with van der Waals surface area (Å²) in [4.78, 5) is 22.9. The maximum atomic E-state index is 11.7. The predicted molar refractivity (Wildman–Crippen MR) is 67.3 cm³/mol. The molecule has 0 radical (unpaired) electrons. The largest absolute Gasteiger partial charge is 0.478 e. The second-order valence-corrected chi connectivity index (χ2v) is 4.69. The van der Waals surface area contributed by atoms with Crippen molar-refractivity contribution in [3.8, 4) is 0 Å². The average Bonchev–Trinajstić information content (AvgIpc) is 2.85. The van der Waals surface area contributed by atoms with Crippen LogP contribution in [0.1, 0.15) is 65.9 Å². The lowest BCUT2D eigenvalue weighted by atomic mass is 9.96. The van der Waals surface area contributed by atoms with Crippen LogP contribution in [0.15, 0.2) is 6.20 Å². The third-order valence-electron chi connectivity index (χ3n) is 3.38. The first-order chi connectivity index (χ1) is 9.13. The van der Waals surface area contributed by atoms with Crippen molar-refractivity contribution >= 4 is 11.9 Å². The zero-order chi connectivity index (χ0) is 13.8. The molecule has 1 heterocycles. The molecule has 6 nitrogen and oxygen atoms in total. The Balaban J connectivity index is 2.28. The third kappa shape index (κ3) is 2.94. The zero-order valence-electron chi connectivity index (χ0n) is 11.0. The van der Waals surface area contributed by atoms with Crippen molar-refractivity contribution in [2.75, 3.05) is 6.61 Å². The van der Waals surface area contributed by atoms with E-state index in [9.17, 15) is 9.59 Å². The highest BCUT2D eigenvalue weighted by Crippen LogP contribution is 2.28.